The minimum atomic E-state index is -0.528. The molecule has 0 spiro atoms. The number of hydrogen-bond acceptors (Lipinski definition) is 2. The molecule has 0 atom stereocenters. The number of hydrogen-bond donors (Lipinski definition) is 0. The standard InChI is InChI=1S/C73H48N2O/c1-3-16-55(17-4-1)73(56-18-5-2-6-19-56)65-24-11-7-23-63(65)72-66(73)25-15-28-69(72)74(57-41-34-50(35-42-57)49-30-32-53(33-31-49)54-40-47-71-64(48-54)62-22-10-14-29-70(62)76-71)58-43-36-51(37-44-58)52-38-45-59(46-39-52)75-67-26-12-8-20-60(67)61-21-9-13-27-68(61)75/h1-48H. The van der Waals surface area contributed by atoms with Crippen molar-refractivity contribution in [1.29, 1.82) is 0 Å². The van der Waals surface area contributed by atoms with Crippen LogP contribution in [0.5, 0.6) is 0 Å². The summed E-state index contributed by atoms with van der Waals surface area (Å²) in [6.07, 6.45) is 0. The highest BCUT2D eigenvalue weighted by Crippen LogP contribution is 2.59. The van der Waals surface area contributed by atoms with E-state index < -0.39 is 5.41 Å². The summed E-state index contributed by atoms with van der Waals surface area (Å²) in [6, 6.07) is 106. The summed E-state index contributed by atoms with van der Waals surface area (Å²) >= 11 is 0. The quantitative estimate of drug-likeness (QED) is 0.144. The number of fused-ring (bicyclic) bond motifs is 9. The Labute approximate surface area is 441 Å². The summed E-state index contributed by atoms with van der Waals surface area (Å²) in [6.45, 7) is 0. The number of anilines is 3. The van der Waals surface area contributed by atoms with E-state index in [1.165, 1.54) is 71.9 Å². The molecule has 0 unspecified atom stereocenters. The second kappa shape index (κ2) is 17.6. The number of furan rings is 1. The maximum Gasteiger partial charge on any atom is 0.135 e. The topological polar surface area (TPSA) is 21.3 Å². The van der Waals surface area contributed by atoms with Crippen molar-refractivity contribution in [3.8, 4) is 50.2 Å². The summed E-state index contributed by atoms with van der Waals surface area (Å²) in [4.78, 5) is 2.46. The highest BCUT2D eigenvalue weighted by atomic mass is 16.3. The van der Waals surface area contributed by atoms with E-state index in [1.54, 1.807) is 0 Å². The molecule has 0 N–H and O–H groups in total. The smallest absolute Gasteiger partial charge is 0.135 e. The maximum absolute atomic E-state index is 6.14. The van der Waals surface area contributed by atoms with Gasteiger partial charge in [0, 0.05) is 44.2 Å². The normalized spacial score (nSPS) is 12.6. The molecule has 12 aromatic carbocycles. The van der Waals surface area contributed by atoms with Crippen LogP contribution in [0.1, 0.15) is 22.3 Å². The Hall–Kier alpha value is -9.96. The molecule has 14 aromatic rings. The van der Waals surface area contributed by atoms with Gasteiger partial charge in [-0.15, -0.1) is 0 Å². The Morgan fingerprint density at radius 1 is 0.316 bits per heavy atom. The van der Waals surface area contributed by atoms with Gasteiger partial charge in [-0.25, -0.2) is 0 Å². The molecule has 3 nitrogen and oxygen atoms in total. The van der Waals surface area contributed by atoms with Gasteiger partial charge >= 0.3 is 0 Å². The van der Waals surface area contributed by atoms with Crippen molar-refractivity contribution < 1.29 is 4.42 Å². The molecule has 0 fully saturated rings. The molecule has 1 aliphatic rings. The van der Waals surface area contributed by atoms with Crippen molar-refractivity contribution in [3.05, 3.63) is 313 Å². The lowest BCUT2D eigenvalue weighted by Crippen LogP contribution is -2.28. The fourth-order valence-corrected chi connectivity index (χ4v) is 12.5. The van der Waals surface area contributed by atoms with Crippen LogP contribution in [0.15, 0.2) is 296 Å². The van der Waals surface area contributed by atoms with Gasteiger partial charge in [0.25, 0.3) is 0 Å². The van der Waals surface area contributed by atoms with E-state index >= 15 is 0 Å². The van der Waals surface area contributed by atoms with Gasteiger partial charge in [-0.1, -0.05) is 218 Å². The van der Waals surface area contributed by atoms with Crippen LogP contribution in [0, 0.1) is 0 Å². The number of para-hydroxylation sites is 3. The molecular formula is C73H48N2O. The van der Waals surface area contributed by atoms with E-state index in [0.717, 1.165) is 61.4 Å². The lowest BCUT2D eigenvalue weighted by molar-refractivity contribution is 0.669. The lowest BCUT2D eigenvalue weighted by atomic mass is 9.68. The molecule has 2 heterocycles. The summed E-state index contributed by atoms with van der Waals surface area (Å²) < 4.78 is 8.52. The van der Waals surface area contributed by atoms with Gasteiger partial charge in [-0.3, -0.25) is 0 Å². The van der Waals surface area contributed by atoms with Crippen LogP contribution >= 0.6 is 0 Å². The average molecular weight is 969 g/mol. The lowest BCUT2D eigenvalue weighted by Gasteiger charge is -2.34. The number of nitrogens with zero attached hydrogens (tertiary/aromatic N) is 2. The zero-order valence-electron chi connectivity index (χ0n) is 41.5. The van der Waals surface area contributed by atoms with Crippen molar-refractivity contribution in [2.24, 2.45) is 0 Å². The summed E-state index contributed by atoms with van der Waals surface area (Å²) in [5.74, 6) is 0. The SMILES string of the molecule is c1ccc(C2(c3ccccc3)c3ccccc3-c3c(N(c4ccc(-c5ccc(-c6ccc7oc8ccccc8c7c6)cc5)cc4)c4ccc(-c5ccc(-n6c7ccccc7c7ccccc76)cc5)cc4)cccc32)cc1. The van der Waals surface area contributed by atoms with Crippen molar-refractivity contribution in [2.45, 2.75) is 5.41 Å². The third-order valence-corrected chi connectivity index (χ3v) is 15.9. The molecule has 0 aliphatic heterocycles. The second-order valence-corrected chi connectivity index (χ2v) is 20.0. The monoisotopic (exact) mass is 968 g/mol. The Balaban J connectivity index is 0.836. The molecule has 15 rings (SSSR count). The van der Waals surface area contributed by atoms with Crippen LogP contribution in [0.4, 0.5) is 17.1 Å². The van der Waals surface area contributed by atoms with Gasteiger partial charge < -0.3 is 13.9 Å². The van der Waals surface area contributed by atoms with Crippen LogP contribution in [0.3, 0.4) is 0 Å². The predicted octanol–water partition coefficient (Wildman–Crippen LogP) is 19.5. The van der Waals surface area contributed by atoms with Crippen molar-refractivity contribution in [1.82, 2.24) is 4.57 Å². The molecule has 0 amide bonds. The molecule has 356 valence electrons. The summed E-state index contributed by atoms with van der Waals surface area (Å²) in [5.41, 5.74) is 22.6. The van der Waals surface area contributed by atoms with Crippen LogP contribution in [0.2, 0.25) is 0 Å². The molecule has 0 radical (unpaired) electrons. The van der Waals surface area contributed by atoms with Crippen LogP contribution in [-0.4, -0.2) is 4.57 Å². The van der Waals surface area contributed by atoms with Crippen molar-refractivity contribution >= 4 is 60.8 Å². The van der Waals surface area contributed by atoms with E-state index in [1.807, 2.05) is 12.1 Å². The van der Waals surface area contributed by atoms with Gasteiger partial charge in [0.2, 0.25) is 0 Å². The molecule has 0 saturated heterocycles. The number of rotatable bonds is 9. The fourth-order valence-electron chi connectivity index (χ4n) is 12.5. The minimum absolute atomic E-state index is 0.528. The molecule has 2 aromatic heterocycles. The average Bonchev–Trinajstić information content (AvgIpc) is 4.27. The largest absolute Gasteiger partial charge is 0.456 e. The first-order valence-corrected chi connectivity index (χ1v) is 26.1. The van der Waals surface area contributed by atoms with Crippen molar-refractivity contribution in [3.63, 3.8) is 0 Å². The predicted molar refractivity (Wildman–Crippen MR) is 316 cm³/mol. The Bertz CT molecular complexity index is 4380. The summed E-state index contributed by atoms with van der Waals surface area (Å²) in [7, 11) is 0. The fraction of sp³-hybridized carbons (Fsp3) is 0.0137. The third kappa shape index (κ3) is 6.83. The molecule has 1 aliphatic carbocycles. The summed E-state index contributed by atoms with van der Waals surface area (Å²) in [5, 5.41) is 4.80. The zero-order chi connectivity index (χ0) is 50.2. The number of aromatic nitrogens is 1. The second-order valence-electron chi connectivity index (χ2n) is 20.0. The first-order chi connectivity index (χ1) is 37.7. The highest BCUT2D eigenvalue weighted by Gasteiger charge is 2.47. The molecular weight excluding hydrogens is 921 g/mol. The van der Waals surface area contributed by atoms with Gasteiger partial charge in [0.1, 0.15) is 11.2 Å². The van der Waals surface area contributed by atoms with E-state index in [2.05, 4.69) is 289 Å². The van der Waals surface area contributed by atoms with Crippen molar-refractivity contribution in [2.75, 3.05) is 4.90 Å². The minimum Gasteiger partial charge on any atom is -0.456 e. The van der Waals surface area contributed by atoms with Gasteiger partial charge in [0.05, 0.1) is 22.1 Å². The van der Waals surface area contributed by atoms with Gasteiger partial charge in [-0.2, -0.15) is 0 Å². The highest BCUT2D eigenvalue weighted by molar-refractivity contribution is 6.09. The van der Waals surface area contributed by atoms with E-state index in [-0.39, 0.29) is 0 Å². The zero-order valence-corrected chi connectivity index (χ0v) is 41.5. The van der Waals surface area contributed by atoms with Crippen LogP contribution in [-0.2, 0) is 5.41 Å². The van der Waals surface area contributed by atoms with E-state index in [0.29, 0.717) is 0 Å². The Kier molecular flexibility index (Phi) is 10.1. The van der Waals surface area contributed by atoms with E-state index in [4.69, 9.17) is 4.42 Å². The van der Waals surface area contributed by atoms with Gasteiger partial charge in [-0.05, 0) is 134 Å². The molecule has 3 heteroatoms. The maximum atomic E-state index is 6.14. The third-order valence-electron chi connectivity index (χ3n) is 15.9. The molecule has 76 heavy (non-hydrogen) atoms. The van der Waals surface area contributed by atoms with E-state index in [9.17, 15) is 0 Å². The van der Waals surface area contributed by atoms with Crippen LogP contribution < -0.4 is 4.90 Å². The first-order valence-electron chi connectivity index (χ1n) is 26.1. The molecule has 0 bridgehead atoms. The van der Waals surface area contributed by atoms with Crippen LogP contribution in [0.25, 0.3) is 93.9 Å². The Morgan fingerprint density at radius 3 is 1.37 bits per heavy atom. The number of benzene rings is 12. The molecule has 0 saturated carbocycles. The van der Waals surface area contributed by atoms with Gasteiger partial charge in [0.15, 0.2) is 0 Å². The Morgan fingerprint density at radius 2 is 0.763 bits per heavy atom. The first kappa shape index (κ1) is 43.6.